The summed E-state index contributed by atoms with van der Waals surface area (Å²) >= 11 is 0. The van der Waals surface area contributed by atoms with E-state index in [-0.39, 0.29) is 30.8 Å². The number of carbonyl (C=O) groups is 1. The number of nitrogens with one attached hydrogen (secondary N) is 1. The highest BCUT2D eigenvalue weighted by atomic mass is 19.4. The van der Waals surface area contributed by atoms with Crippen LogP contribution in [0.3, 0.4) is 0 Å². The van der Waals surface area contributed by atoms with Crippen LogP contribution in [-0.4, -0.2) is 42.0 Å². The topological polar surface area (TPSA) is 79.4 Å². The number of nitrogens with two attached hydrogens (primary N) is 1. The van der Waals surface area contributed by atoms with Crippen LogP contribution in [0.1, 0.15) is 24.8 Å². The van der Waals surface area contributed by atoms with Crippen molar-refractivity contribution in [2.75, 3.05) is 13.2 Å². The maximum atomic E-state index is 13.9. The van der Waals surface area contributed by atoms with E-state index in [1.54, 1.807) is 6.07 Å². The summed E-state index contributed by atoms with van der Waals surface area (Å²) in [6.45, 7) is 0.620. The summed E-state index contributed by atoms with van der Waals surface area (Å²) in [5, 5.41) is 6.97. The Hall–Kier alpha value is -2.42. The Morgan fingerprint density at radius 3 is 2.67 bits per heavy atom. The smallest absolute Gasteiger partial charge is 0.394 e. The van der Waals surface area contributed by atoms with E-state index < -0.39 is 29.3 Å². The number of amides is 1. The van der Waals surface area contributed by atoms with Crippen LogP contribution in [0.5, 0.6) is 0 Å². The molecule has 148 valence electrons. The molecule has 1 amide bonds. The highest BCUT2D eigenvalue weighted by Crippen LogP contribution is 2.20. The van der Waals surface area contributed by atoms with E-state index in [4.69, 9.17) is 15.9 Å². The molecule has 5 nitrogen and oxygen atoms in total. The molecular weight excluding hydrogens is 366 g/mol. The van der Waals surface area contributed by atoms with Gasteiger partial charge in [-0.2, -0.15) is 13.2 Å². The van der Waals surface area contributed by atoms with Gasteiger partial charge in [-0.1, -0.05) is 18.2 Å². The zero-order chi connectivity index (χ0) is 20.0. The first-order chi connectivity index (χ1) is 12.7. The molecule has 1 heterocycles. The van der Waals surface area contributed by atoms with Crippen molar-refractivity contribution in [1.29, 1.82) is 5.41 Å². The summed E-state index contributed by atoms with van der Waals surface area (Å²) in [5.41, 5.74) is 3.27. The van der Waals surface area contributed by atoms with Gasteiger partial charge in [-0.15, -0.1) is 0 Å². The Kier molecular flexibility index (Phi) is 6.95. The molecule has 1 atom stereocenters. The quantitative estimate of drug-likeness (QED) is 0.429. The van der Waals surface area contributed by atoms with Crippen molar-refractivity contribution >= 4 is 11.6 Å². The lowest BCUT2D eigenvalue weighted by Gasteiger charge is -2.24. The van der Waals surface area contributed by atoms with Crippen molar-refractivity contribution < 1.29 is 27.1 Å². The molecule has 1 fully saturated rings. The number of ether oxygens (including phenoxy) is 1. The first kappa shape index (κ1) is 20.9. The van der Waals surface area contributed by atoms with Gasteiger partial charge < -0.3 is 15.4 Å². The Morgan fingerprint density at radius 2 is 2.07 bits per heavy atom. The summed E-state index contributed by atoms with van der Waals surface area (Å²) in [5.74, 6) is -1.41. The molecule has 1 saturated heterocycles. The molecule has 1 aromatic carbocycles. The summed E-state index contributed by atoms with van der Waals surface area (Å²) in [6, 6.07) is 5.81. The fourth-order valence-corrected chi connectivity index (χ4v) is 2.74. The van der Waals surface area contributed by atoms with Gasteiger partial charge in [-0.05, 0) is 31.4 Å². The van der Waals surface area contributed by atoms with Crippen molar-refractivity contribution in [2.24, 2.45) is 5.73 Å². The minimum Gasteiger partial charge on any atom is -0.394 e. The predicted molar refractivity (Wildman–Crippen MR) is 91.5 cm³/mol. The molecule has 2 rings (SSSR count). The van der Waals surface area contributed by atoms with Gasteiger partial charge in [-0.3, -0.25) is 10.2 Å². The average Bonchev–Trinajstić information content (AvgIpc) is 3.12. The van der Waals surface area contributed by atoms with Gasteiger partial charge in [0.25, 0.3) is 5.91 Å². The number of rotatable bonds is 7. The normalized spacial score (nSPS) is 17.8. The molecule has 0 radical (unpaired) electrons. The largest absolute Gasteiger partial charge is 0.432 e. The SMILES string of the molecule is N=C(/C=C(\N)C(=O)N(CCC1CCCO1)Cc1ccccc1F)C(F)(F)F. The standard InChI is InChI=1S/C18H21F4N3O2/c19-14-6-2-1-4-12(14)11-25(8-7-13-5-3-9-27-13)17(26)15(23)10-16(24)18(20,21)22/h1-2,4,6,10,13,24H,3,5,7-9,11,23H2/b15-10-,24-16?. The van der Waals surface area contributed by atoms with E-state index in [1.165, 1.54) is 23.1 Å². The second-order valence-electron chi connectivity index (χ2n) is 6.25. The zero-order valence-corrected chi connectivity index (χ0v) is 14.6. The summed E-state index contributed by atoms with van der Waals surface area (Å²) < 4.78 is 56.9. The van der Waals surface area contributed by atoms with Gasteiger partial charge in [0.05, 0.1) is 11.8 Å². The number of halogens is 4. The molecular formula is C18H21F4N3O2. The zero-order valence-electron chi connectivity index (χ0n) is 14.6. The summed E-state index contributed by atoms with van der Waals surface area (Å²) in [7, 11) is 0. The predicted octanol–water partition coefficient (Wildman–Crippen LogP) is 3.15. The van der Waals surface area contributed by atoms with Crippen LogP contribution in [0.15, 0.2) is 36.0 Å². The van der Waals surface area contributed by atoms with E-state index in [9.17, 15) is 22.4 Å². The van der Waals surface area contributed by atoms with E-state index in [2.05, 4.69) is 0 Å². The van der Waals surface area contributed by atoms with Crippen LogP contribution in [0.4, 0.5) is 17.6 Å². The minimum atomic E-state index is -4.90. The van der Waals surface area contributed by atoms with Crippen molar-refractivity contribution in [1.82, 2.24) is 4.90 Å². The van der Waals surface area contributed by atoms with E-state index in [1.807, 2.05) is 0 Å². The first-order valence-corrected chi connectivity index (χ1v) is 8.45. The molecule has 0 saturated carbocycles. The van der Waals surface area contributed by atoms with Crippen LogP contribution in [0, 0.1) is 11.2 Å². The Labute approximate surface area is 154 Å². The van der Waals surface area contributed by atoms with Gasteiger partial charge in [-0.25, -0.2) is 4.39 Å². The Balaban J connectivity index is 2.16. The van der Waals surface area contributed by atoms with Crippen molar-refractivity contribution in [3.8, 4) is 0 Å². The number of benzene rings is 1. The third-order valence-corrected chi connectivity index (χ3v) is 4.20. The highest BCUT2D eigenvalue weighted by Gasteiger charge is 2.33. The monoisotopic (exact) mass is 387 g/mol. The van der Waals surface area contributed by atoms with Gasteiger partial charge in [0, 0.05) is 25.3 Å². The van der Waals surface area contributed by atoms with Crippen LogP contribution >= 0.6 is 0 Å². The molecule has 1 unspecified atom stereocenters. The third-order valence-electron chi connectivity index (χ3n) is 4.20. The lowest BCUT2D eigenvalue weighted by Crippen LogP contribution is -2.37. The third kappa shape index (κ3) is 6.06. The number of carbonyl (C=O) groups excluding carboxylic acids is 1. The van der Waals surface area contributed by atoms with E-state index >= 15 is 0 Å². The second kappa shape index (κ2) is 8.98. The van der Waals surface area contributed by atoms with Gasteiger partial charge in [0.1, 0.15) is 11.5 Å². The molecule has 0 bridgehead atoms. The second-order valence-corrected chi connectivity index (χ2v) is 6.25. The Bertz CT molecular complexity index is 713. The van der Waals surface area contributed by atoms with Crippen molar-refractivity contribution in [2.45, 2.75) is 38.1 Å². The molecule has 3 N–H and O–H groups in total. The molecule has 27 heavy (non-hydrogen) atoms. The van der Waals surface area contributed by atoms with Crippen LogP contribution in [0.25, 0.3) is 0 Å². The minimum absolute atomic E-state index is 0.0559. The number of hydrogen-bond donors (Lipinski definition) is 2. The summed E-state index contributed by atoms with van der Waals surface area (Å²) in [4.78, 5) is 13.7. The molecule has 0 aromatic heterocycles. The first-order valence-electron chi connectivity index (χ1n) is 8.45. The average molecular weight is 387 g/mol. The lowest BCUT2D eigenvalue weighted by atomic mass is 10.1. The van der Waals surface area contributed by atoms with Crippen molar-refractivity contribution in [3.63, 3.8) is 0 Å². The molecule has 0 spiro atoms. The lowest BCUT2D eigenvalue weighted by molar-refractivity contribution is -0.128. The maximum Gasteiger partial charge on any atom is 0.432 e. The van der Waals surface area contributed by atoms with Gasteiger partial charge >= 0.3 is 6.18 Å². The fraction of sp³-hybridized carbons (Fsp3) is 0.444. The molecule has 0 aliphatic carbocycles. The van der Waals surface area contributed by atoms with Gasteiger partial charge in [0.15, 0.2) is 0 Å². The molecule has 9 heteroatoms. The number of hydrogen-bond acceptors (Lipinski definition) is 4. The fourth-order valence-electron chi connectivity index (χ4n) is 2.74. The summed E-state index contributed by atoms with van der Waals surface area (Å²) in [6.07, 6.45) is -2.49. The Morgan fingerprint density at radius 1 is 1.37 bits per heavy atom. The van der Waals surface area contributed by atoms with E-state index in [0.717, 1.165) is 12.8 Å². The van der Waals surface area contributed by atoms with Gasteiger partial charge in [0.2, 0.25) is 0 Å². The molecule has 1 aliphatic rings. The maximum absolute atomic E-state index is 13.9. The number of alkyl halides is 3. The highest BCUT2D eigenvalue weighted by molar-refractivity contribution is 6.04. The molecule has 1 aromatic rings. The van der Waals surface area contributed by atoms with Crippen LogP contribution in [-0.2, 0) is 16.1 Å². The van der Waals surface area contributed by atoms with Crippen LogP contribution < -0.4 is 5.73 Å². The van der Waals surface area contributed by atoms with Crippen molar-refractivity contribution in [3.05, 3.63) is 47.4 Å². The number of allylic oxidation sites excluding steroid dienone is 1. The molecule has 1 aliphatic heterocycles. The van der Waals surface area contributed by atoms with Crippen LogP contribution in [0.2, 0.25) is 0 Å². The van der Waals surface area contributed by atoms with E-state index in [0.29, 0.717) is 13.0 Å². The number of nitrogens with zero attached hydrogens (tertiary/aromatic N) is 1.